The summed E-state index contributed by atoms with van der Waals surface area (Å²) in [6.45, 7) is 6.26. The van der Waals surface area contributed by atoms with E-state index in [1.807, 2.05) is 0 Å². The molecule has 1 aliphatic rings. The number of hydrogen-bond acceptors (Lipinski definition) is 24. The Hall–Kier alpha value is -10.8. The van der Waals surface area contributed by atoms with Crippen LogP contribution in [0.25, 0.3) is 21.5 Å². The van der Waals surface area contributed by atoms with Crippen molar-refractivity contribution in [3.63, 3.8) is 0 Å². The van der Waals surface area contributed by atoms with E-state index in [9.17, 15) is 85.3 Å². The van der Waals surface area contributed by atoms with E-state index in [1.165, 1.54) is 26.0 Å². The lowest BCUT2D eigenvalue weighted by Crippen LogP contribution is -2.58. The highest BCUT2D eigenvalue weighted by Crippen LogP contribution is 2.46. The van der Waals surface area contributed by atoms with Crippen LogP contribution in [0, 0.1) is 13.8 Å². The van der Waals surface area contributed by atoms with Crippen LogP contribution in [0.4, 0.5) is 57.9 Å². The monoisotopic (exact) mass is 1190 g/mol. The Morgan fingerprint density at radius 2 is 0.917 bits per heavy atom. The first kappa shape index (κ1) is 57.8. The molecule has 1 aliphatic heterocycles. The van der Waals surface area contributed by atoms with Crippen molar-refractivity contribution < 1.29 is 75.8 Å². The minimum absolute atomic E-state index is 0.000460. The van der Waals surface area contributed by atoms with Crippen molar-refractivity contribution in [2.75, 3.05) is 33.5 Å². The number of phenolic OH excluding ortho intramolecular Hbond substituents is 2. The molecule has 2 unspecified atom stereocenters. The number of aryl methyl sites for hydroxylation is 2. The van der Waals surface area contributed by atoms with Gasteiger partial charge in [0, 0.05) is 35.9 Å². The van der Waals surface area contributed by atoms with Gasteiger partial charge in [0.25, 0.3) is 20.2 Å². The highest BCUT2D eigenvalue weighted by Gasteiger charge is 2.34. The van der Waals surface area contributed by atoms with Gasteiger partial charge in [0.05, 0.1) is 43.4 Å². The first-order valence-electron chi connectivity index (χ1n) is 24.1. The number of anilines is 6. The molecule has 9 rings (SSSR count). The summed E-state index contributed by atoms with van der Waals surface area (Å²) in [7, 11) is -9.89. The lowest BCUT2D eigenvalue weighted by Gasteiger charge is -2.43. The number of carboxylic acids is 4. The molecule has 84 heavy (non-hydrogen) atoms. The molecule has 0 radical (unpaired) electrons. The number of aromatic carboxylic acids is 4. The van der Waals surface area contributed by atoms with Crippen LogP contribution in [0.15, 0.2) is 113 Å². The Morgan fingerprint density at radius 1 is 0.548 bits per heavy atom. The zero-order chi connectivity index (χ0) is 61.0. The van der Waals surface area contributed by atoms with Crippen molar-refractivity contribution in [2.24, 2.45) is 20.5 Å². The molecule has 1 saturated heterocycles. The Morgan fingerprint density at radius 3 is 1.25 bits per heavy atom. The van der Waals surface area contributed by atoms with Gasteiger partial charge in [-0.2, -0.15) is 36.8 Å². The molecule has 34 heteroatoms. The number of aromatic nitrogens is 6. The van der Waals surface area contributed by atoms with Gasteiger partial charge in [0.15, 0.2) is 11.5 Å². The van der Waals surface area contributed by atoms with E-state index < -0.39 is 100.0 Å². The van der Waals surface area contributed by atoms with Crippen LogP contribution in [0.3, 0.4) is 0 Å². The molecule has 0 saturated carbocycles. The Bertz CT molecular complexity index is 4300. The lowest BCUT2D eigenvalue weighted by molar-refractivity contribution is 0.0682. The largest absolute Gasteiger partial charge is 0.505 e. The summed E-state index contributed by atoms with van der Waals surface area (Å²) >= 11 is 0. The van der Waals surface area contributed by atoms with Gasteiger partial charge in [-0.05, 0) is 122 Å². The molecular formula is C50H42N14O18S2. The Kier molecular flexibility index (Phi) is 15.1. The van der Waals surface area contributed by atoms with Crippen LogP contribution in [-0.2, 0) is 20.2 Å². The number of azo groups is 2. The van der Waals surface area contributed by atoms with Gasteiger partial charge in [-0.3, -0.25) is 19.1 Å². The minimum Gasteiger partial charge on any atom is -0.505 e. The zero-order valence-corrected chi connectivity index (χ0v) is 45.1. The molecule has 3 heterocycles. The minimum atomic E-state index is -4.94. The summed E-state index contributed by atoms with van der Waals surface area (Å²) in [6, 6.07) is 11.3. The number of nitrogens with zero attached hydrogens (tertiary/aromatic N) is 10. The zero-order valence-electron chi connectivity index (χ0n) is 43.4. The highest BCUT2D eigenvalue weighted by molar-refractivity contribution is 7.86. The van der Waals surface area contributed by atoms with Crippen molar-refractivity contribution in [2.45, 2.75) is 49.6 Å². The molecule has 0 aliphatic carbocycles. The molecule has 2 aromatic heterocycles. The fourth-order valence-corrected chi connectivity index (χ4v) is 10.2. The van der Waals surface area contributed by atoms with E-state index in [-0.39, 0.29) is 115 Å². The molecule has 32 nitrogen and oxygen atoms in total. The number of phenols is 2. The number of aromatic amines is 2. The van der Waals surface area contributed by atoms with Gasteiger partial charge in [-0.1, -0.05) is 0 Å². The number of hydrogen-bond donors (Lipinski definition) is 12. The molecule has 0 spiro atoms. The van der Waals surface area contributed by atoms with Crippen molar-refractivity contribution in [1.29, 1.82) is 0 Å². The molecule has 432 valence electrons. The van der Waals surface area contributed by atoms with Crippen LogP contribution >= 0.6 is 0 Å². The topological polar surface area (TPSA) is 496 Å². The second-order valence-corrected chi connectivity index (χ2v) is 21.7. The number of benzene rings is 6. The molecule has 8 aromatic rings. The third-order valence-corrected chi connectivity index (χ3v) is 14.7. The lowest BCUT2D eigenvalue weighted by atomic mass is 10.0. The first-order chi connectivity index (χ1) is 39.4. The van der Waals surface area contributed by atoms with Gasteiger partial charge in [-0.15, -0.1) is 20.5 Å². The average molecular weight is 1190 g/mol. The van der Waals surface area contributed by atoms with Crippen LogP contribution in [0.1, 0.15) is 66.4 Å². The van der Waals surface area contributed by atoms with E-state index >= 15 is 0 Å². The van der Waals surface area contributed by atoms with Gasteiger partial charge < -0.3 is 51.1 Å². The number of H-pyrrole nitrogens is 2. The summed E-state index contributed by atoms with van der Waals surface area (Å²) in [4.78, 5) is 97.5. The van der Waals surface area contributed by atoms with Crippen LogP contribution in [0.2, 0.25) is 0 Å². The second kappa shape index (κ2) is 21.9. The number of carbonyl (C=O) groups is 4. The fourth-order valence-electron chi connectivity index (χ4n) is 9.12. The summed E-state index contributed by atoms with van der Waals surface area (Å²) in [6.07, 6.45) is 0. The number of fused-ring (bicyclic) bond motifs is 2. The van der Waals surface area contributed by atoms with E-state index in [0.29, 0.717) is 0 Å². The maximum atomic E-state index is 13.3. The van der Waals surface area contributed by atoms with Crippen molar-refractivity contribution in [1.82, 2.24) is 29.9 Å². The molecule has 0 amide bonds. The summed E-state index contributed by atoms with van der Waals surface area (Å²) in [5.41, 5.74) is -5.01. The van der Waals surface area contributed by atoms with Crippen LogP contribution in [-0.4, -0.2) is 136 Å². The first-order valence-corrected chi connectivity index (χ1v) is 27.0. The summed E-state index contributed by atoms with van der Waals surface area (Å²) < 4.78 is 70.5. The molecule has 6 aromatic carbocycles. The van der Waals surface area contributed by atoms with E-state index in [2.05, 4.69) is 61.0 Å². The van der Waals surface area contributed by atoms with Gasteiger partial charge >= 0.3 is 35.3 Å². The average Bonchev–Trinajstić information content (AvgIpc) is 0.977. The maximum Gasteiger partial charge on any atom is 0.351 e. The molecule has 0 bridgehead atoms. The van der Waals surface area contributed by atoms with Crippen molar-refractivity contribution in [3.05, 3.63) is 127 Å². The number of carboxylic acid groups (broad SMARTS) is 4. The Balaban J connectivity index is 1.03. The number of rotatable bonds is 16. The quantitative estimate of drug-likeness (QED) is 0.0354. The van der Waals surface area contributed by atoms with Crippen LogP contribution in [0.5, 0.6) is 11.5 Å². The van der Waals surface area contributed by atoms with Gasteiger partial charge in [0.2, 0.25) is 23.8 Å². The SMILES string of the molecule is Cc1cc2cc(S(=O)(=O)O)cc(Nc3nc(N4CC(C)N(c5nc(Nc6cc(S(=O)(=O)O)cc7cc(C)c(N=Nc8cc(C(=O)O)ccc8C(=O)O)c(O)c67)[nH]c(=O)n5)CC4C)nc(=O)[nH]3)c2c(O)c1N=Nc1cc(C(=O)O)ccc1C(=O)O. The van der Waals surface area contributed by atoms with E-state index in [1.54, 1.807) is 23.6 Å². The number of piperazine rings is 1. The van der Waals surface area contributed by atoms with E-state index in [0.717, 1.165) is 60.7 Å². The molecule has 12 N–H and O–H groups in total. The van der Waals surface area contributed by atoms with E-state index in [4.69, 9.17) is 0 Å². The van der Waals surface area contributed by atoms with Gasteiger partial charge in [-0.25, -0.2) is 28.8 Å². The summed E-state index contributed by atoms with van der Waals surface area (Å²) in [5.74, 6) is -8.16. The maximum absolute atomic E-state index is 13.3. The highest BCUT2D eigenvalue weighted by atomic mass is 32.2. The molecular weight excluding hydrogens is 1150 g/mol. The standard InChI is InChI=1S/C50H42N14O18S2/c1-19-9-25-11-27(83(77,78)79)15-33(35(25)39(65)37(19)61-59-31-13-23(41(67)68)5-7-29(31)43(71)72)51-45-53-47(57-49(75)55-45)63-17-22(4)64(18-21(63)3)48-54-46(56-50(76)58-48)52-34-16-28(84(80,81)82)12-26-10-20(2)38(40(66)36(26)34)62-60-32-14-24(42(69)70)6-8-30(32)44(73)74/h5-16,21-22,65-66H,17-18H2,1-4H3,(H,67,68)(H,69,70)(H,71,72)(H,73,74)(H,77,78,79)(H,80,81,82)(H2,51,53,55,57,75)(H2,52,54,56,58,76). The normalized spacial score (nSPS) is 14.8. The second-order valence-electron chi connectivity index (χ2n) is 18.8. The summed E-state index contributed by atoms with van der Waals surface area (Å²) in [5, 5.41) is 83.0. The third kappa shape index (κ3) is 11.7. The number of aromatic hydroxyl groups is 2. The predicted octanol–water partition coefficient (Wildman–Crippen LogP) is 6.69. The van der Waals surface area contributed by atoms with Crippen molar-refractivity contribution in [3.8, 4) is 11.5 Å². The third-order valence-electron chi connectivity index (χ3n) is 13.0. The molecule has 2 atom stereocenters. The van der Waals surface area contributed by atoms with Crippen molar-refractivity contribution >= 4 is 124 Å². The van der Waals surface area contributed by atoms with Gasteiger partial charge in [0.1, 0.15) is 22.7 Å². The molecule has 1 fully saturated rings. The Labute approximate surface area is 469 Å². The smallest absolute Gasteiger partial charge is 0.351 e. The van der Waals surface area contributed by atoms with Crippen LogP contribution < -0.4 is 31.8 Å². The predicted molar refractivity (Wildman–Crippen MR) is 295 cm³/mol. The fraction of sp³-hybridized carbons (Fsp3) is 0.160. The number of nitrogens with one attached hydrogen (secondary N) is 4.